The second-order valence-corrected chi connectivity index (χ2v) is 8.25. The molecule has 26 heavy (non-hydrogen) atoms. The van der Waals surface area contributed by atoms with Crippen molar-refractivity contribution < 1.29 is 9.90 Å². The fraction of sp³-hybridized carbons (Fsp3) is 0.682. The van der Waals surface area contributed by atoms with Crippen LogP contribution >= 0.6 is 0 Å². The van der Waals surface area contributed by atoms with E-state index in [0.717, 1.165) is 38.9 Å². The number of rotatable bonds is 8. The summed E-state index contributed by atoms with van der Waals surface area (Å²) in [6.07, 6.45) is 8.77. The summed E-state index contributed by atoms with van der Waals surface area (Å²) < 4.78 is 0. The van der Waals surface area contributed by atoms with Crippen molar-refractivity contribution in [2.75, 3.05) is 32.8 Å². The van der Waals surface area contributed by atoms with Gasteiger partial charge in [-0.05, 0) is 50.8 Å². The molecule has 1 atom stereocenters. The molecule has 0 aliphatic carbocycles. The van der Waals surface area contributed by atoms with E-state index in [1.54, 1.807) is 0 Å². The van der Waals surface area contributed by atoms with Crippen molar-refractivity contribution in [1.29, 1.82) is 0 Å². The molecule has 1 aromatic rings. The van der Waals surface area contributed by atoms with Gasteiger partial charge in [0.1, 0.15) is 0 Å². The molecule has 0 saturated carbocycles. The first-order valence-corrected chi connectivity index (χ1v) is 10.4. The van der Waals surface area contributed by atoms with Gasteiger partial charge in [0.15, 0.2) is 0 Å². The first-order valence-electron chi connectivity index (χ1n) is 10.4. The normalized spacial score (nSPS) is 24.3. The third kappa shape index (κ3) is 5.31. The maximum atomic E-state index is 12.5. The van der Waals surface area contributed by atoms with Crippen molar-refractivity contribution in [3.8, 4) is 0 Å². The number of benzene rings is 1. The second-order valence-electron chi connectivity index (χ2n) is 8.25. The third-order valence-electron chi connectivity index (χ3n) is 6.09. The van der Waals surface area contributed by atoms with Crippen LogP contribution in [0.1, 0.15) is 56.9 Å². The van der Waals surface area contributed by atoms with E-state index in [0.29, 0.717) is 24.3 Å². The van der Waals surface area contributed by atoms with E-state index in [1.807, 2.05) is 6.07 Å². The lowest BCUT2D eigenvalue weighted by Gasteiger charge is -2.48. The maximum absolute atomic E-state index is 12.5. The minimum absolute atomic E-state index is 0.298. The molecule has 1 spiro atoms. The Labute approximate surface area is 158 Å². The van der Waals surface area contributed by atoms with Crippen LogP contribution < -0.4 is 0 Å². The Bertz CT molecular complexity index is 563. The third-order valence-corrected chi connectivity index (χ3v) is 6.09. The molecule has 144 valence electrons. The summed E-state index contributed by atoms with van der Waals surface area (Å²) >= 11 is 0. The highest BCUT2D eigenvalue weighted by Crippen LogP contribution is 2.39. The summed E-state index contributed by atoms with van der Waals surface area (Å²) in [4.78, 5) is 17.2. The van der Waals surface area contributed by atoms with Crippen LogP contribution in [0.15, 0.2) is 30.3 Å². The van der Waals surface area contributed by atoms with Crippen molar-refractivity contribution in [1.82, 2.24) is 9.80 Å². The molecule has 3 rings (SSSR count). The highest BCUT2D eigenvalue weighted by atomic mass is 16.2. The molecular weight excluding hydrogens is 324 g/mol. The van der Waals surface area contributed by atoms with Crippen molar-refractivity contribution in [3.63, 3.8) is 0 Å². The van der Waals surface area contributed by atoms with Gasteiger partial charge in [0.2, 0.25) is 5.91 Å². The summed E-state index contributed by atoms with van der Waals surface area (Å²) in [6.45, 7) is 5.50. The quantitative estimate of drug-likeness (QED) is 0.724. The number of amides is 1. The van der Waals surface area contributed by atoms with Gasteiger partial charge >= 0.3 is 0 Å². The number of likely N-dealkylation sites (tertiary alicyclic amines) is 2. The lowest BCUT2D eigenvalue weighted by Crippen LogP contribution is -2.53. The number of carbonyl (C=O) groups is 1. The number of aliphatic hydroxyl groups excluding tert-OH is 1. The molecule has 4 nitrogen and oxygen atoms in total. The van der Waals surface area contributed by atoms with Crippen LogP contribution in [0.4, 0.5) is 0 Å². The van der Waals surface area contributed by atoms with Gasteiger partial charge in [-0.1, -0.05) is 43.2 Å². The van der Waals surface area contributed by atoms with Gasteiger partial charge in [0.05, 0.1) is 0 Å². The first kappa shape index (κ1) is 19.4. The van der Waals surface area contributed by atoms with Crippen LogP contribution in [-0.4, -0.2) is 53.6 Å². The summed E-state index contributed by atoms with van der Waals surface area (Å²) in [5, 5.41) is 8.89. The number of aliphatic hydroxyl groups is 1. The first-order chi connectivity index (χ1) is 12.7. The fourth-order valence-corrected chi connectivity index (χ4v) is 4.69. The number of hydrogen-bond donors (Lipinski definition) is 1. The van der Waals surface area contributed by atoms with Gasteiger partial charge in [0.25, 0.3) is 0 Å². The van der Waals surface area contributed by atoms with E-state index in [2.05, 4.69) is 34.1 Å². The number of piperidine rings is 2. The minimum Gasteiger partial charge on any atom is -0.396 e. The number of nitrogens with zero attached hydrogens (tertiary/aromatic N) is 2. The predicted molar refractivity (Wildman–Crippen MR) is 105 cm³/mol. The van der Waals surface area contributed by atoms with Gasteiger partial charge in [-0.3, -0.25) is 4.79 Å². The molecule has 2 aliphatic rings. The van der Waals surface area contributed by atoms with Gasteiger partial charge in [-0.2, -0.15) is 0 Å². The molecule has 2 fully saturated rings. The van der Waals surface area contributed by atoms with Crippen LogP contribution in [0.3, 0.4) is 0 Å². The molecule has 2 heterocycles. The minimum atomic E-state index is 0.298. The average molecular weight is 359 g/mol. The zero-order chi connectivity index (χ0) is 18.2. The highest BCUT2D eigenvalue weighted by molar-refractivity contribution is 5.77. The summed E-state index contributed by atoms with van der Waals surface area (Å²) in [5.41, 5.74) is 1.53. The average Bonchev–Trinajstić information content (AvgIpc) is 2.66. The molecule has 1 amide bonds. The van der Waals surface area contributed by atoms with Gasteiger partial charge < -0.3 is 14.9 Å². The van der Waals surface area contributed by atoms with Gasteiger partial charge in [0, 0.05) is 38.1 Å². The van der Waals surface area contributed by atoms with E-state index in [4.69, 9.17) is 5.11 Å². The van der Waals surface area contributed by atoms with Crippen LogP contribution in [0, 0.1) is 5.41 Å². The monoisotopic (exact) mass is 358 g/mol. The Hall–Kier alpha value is -1.39. The Morgan fingerprint density at radius 1 is 1.00 bits per heavy atom. The van der Waals surface area contributed by atoms with Gasteiger partial charge in [-0.15, -0.1) is 0 Å². The largest absolute Gasteiger partial charge is 0.396 e. The van der Waals surface area contributed by atoms with Crippen LogP contribution in [0.5, 0.6) is 0 Å². The van der Waals surface area contributed by atoms with Crippen molar-refractivity contribution in [3.05, 3.63) is 35.9 Å². The highest BCUT2D eigenvalue weighted by Gasteiger charge is 2.41. The molecule has 4 heteroatoms. The molecule has 0 bridgehead atoms. The predicted octanol–water partition coefficient (Wildman–Crippen LogP) is 3.44. The van der Waals surface area contributed by atoms with Crippen molar-refractivity contribution in [2.45, 2.75) is 57.9 Å². The van der Waals surface area contributed by atoms with E-state index in [-0.39, 0.29) is 0 Å². The van der Waals surface area contributed by atoms with Gasteiger partial charge in [-0.25, -0.2) is 0 Å². The molecule has 1 N–H and O–H groups in total. The molecule has 0 radical (unpaired) electrons. The van der Waals surface area contributed by atoms with E-state index in [1.165, 1.54) is 44.3 Å². The molecule has 2 saturated heterocycles. The summed E-state index contributed by atoms with van der Waals surface area (Å²) in [6, 6.07) is 10.4. The smallest absolute Gasteiger partial charge is 0.222 e. The molecule has 1 unspecified atom stereocenters. The second kappa shape index (κ2) is 9.52. The van der Waals surface area contributed by atoms with Crippen LogP contribution in [0.25, 0.3) is 0 Å². The van der Waals surface area contributed by atoms with Crippen molar-refractivity contribution >= 4 is 5.91 Å². The summed E-state index contributed by atoms with van der Waals surface area (Å²) in [5.74, 6) is 0.320. The molecule has 0 aromatic heterocycles. The molecular formula is C22H34N2O2. The molecule has 1 aromatic carbocycles. The SMILES string of the molecule is O=C1CCC2(CCCN(CCCCCCO)C2)CN1Cc1ccccc1. The Morgan fingerprint density at radius 3 is 2.62 bits per heavy atom. The number of hydrogen-bond acceptors (Lipinski definition) is 3. The number of unbranched alkanes of at least 4 members (excludes halogenated alkanes) is 3. The standard InChI is InChI=1S/C22H34N2O2/c25-16-7-2-1-6-14-23-15-8-12-22(18-23)13-11-21(26)24(19-22)17-20-9-4-3-5-10-20/h3-5,9-10,25H,1-2,6-8,11-19H2. The van der Waals surface area contributed by atoms with Crippen molar-refractivity contribution in [2.24, 2.45) is 5.41 Å². The Kier molecular flexibility index (Phi) is 7.09. The van der Waals surface area contributed by atoms with E-state index < -0.39 is 0 Å². The fourth-order valence-electron chi connectivity index (χ4n) is 4.69. The topological polar surface area (TPSA) is 43.8 Å². The van der Waals surface area contributed by atoms with Crippen LogP contribution in [-0.2, 0) is 11.3 Å². The zero-order valence-electron chi connectivity index (χ0n) is 16.0. The zero-order valence-corrected chi connectivity index (χ0v) is 16.0. The Balaban J connectivity index is 1.53. The lowest BCUT2D eigenvalue weighted by atomic mass is 9.73. The molecule has 2 aliphatic heterocycles. The summed E-state index contributed by atoms with van der Waals surface area (Å²) in [7, 11) is 0. The Morgan fingerprint density at radius 2 is 1.81 bits per heavy atom. The van der Waals surface area contributed by atoms with E-state index >= 15 is 0 Å². The maximum Gasteiger partial charge on any atom is 0.222 e. The van der Waals surface area contributed by atoms with E-state index in [9.17, 15) is 4.79 Å². The lowest BCUT2D eigenvalue weighted by molar-refractivity contribution is -0.140. The van der Waals surface area contributed by atoms with Crippen LogP contribution in [0.2, 0.25) is 0 Å². The number of carbonyl (C=O) groups excluding carboxylic acids is 1.